The Labute approximate surface area is 210 Å². The molecule has 4 saturated carbocycles. The molecule has 4 aliphatic rings. The number of rotatable bonds is 3. The first-order valence-electron chi connectivity index (χ1n) is 13.1. The zero-order valence-electron chi connectivity index (χ0n) is 21.5. The standard InChI is InChI=1S/C28H36O8/c1-15(29)35-19-9-11-26(3)18(13-19)6-7-21-23(26)24(36-16(2)30)25(32)27(4)20(10-12-28(21,27)33)17-5-8-22(31)34-14-17/h5,8,14,18-21,23-24,33H,6-7,9-13H2,1-4H3/t18-,19+,20-,21?,23?,24+,26+,27+,28+/m1/s1. The van der Waals surface area contributed by atoms with Crippen LogP contribution in [0.2, 0.25) is 0 Å². The summed E-state index contributed by atoms with van der Waals surface area (Å²) in [5, 5.41) is 12.4. The van der Waals surface area contributed by atoms with Gasteiger partial charge in [0.2, 0.25) is 0 Å². The van der Waals surface area contributed by atoms with Crippen molar-refractivity contribution in [2.45, 2.75) is 96.4 Å². The SMILES string of the molecule is CC(=O)O[C@H]1CC[C@]2(C)C3C(CC[C@@H]2C1)[C@@]1(O)CC[C@H](c2ccc(=O)oc2)[C@@]1(C)C(=O)[C@H]3OC(C)=O. The van der Waals surface area contributed by atoms with Crippen LogP contribution >= 0.6 is 0 Å². The summed E-state index contributed by atoms with van der Waals surface area (Å²) in [6, 6.07) is 3.01. The van der Waals surface area contributed by atoms with Crippen LogP contribution in [0.15, 0.2) is 27.6 Å². The molecule has 2 unspecified atom stereocenters. The van der Waals surface area contributed by atoms with E-state index in [1.807, 2.05) is 0 Å². The van der Waals surface area contributed by atoms with Crippen molar-refractivity contribution in [1.82, 2.24) is 0 Å². The fraction of sp³-hybridized carbons (Fsp3) is 0.714. The molecule has 0 amide bonds. The predicted molar refractivity (Wildman–Crippen MR) is 128 cm³/mol. The van der Waals surface area contributed by atoms with Crippen LogP contribution in [0.4, 0.5) is 0 Å². The van der Waals surface area contributed by atoms with E-state index >= 15 is 0 Å². The first kappa shape index (κ1) is 25.2. The smallest absolute Gasteiger partial charge is 0.335 e. The highest BCUT2D eigenvalue weighted by atomic mass is 16.5. The summed E-state index contributed by atoms with van der Waals surface area (Å²) in [4.78, 5) is 49.8. The third-order valence-electron chi connectivity index (χ3n) is 10.4. The third-order valence-corrected chi connectivity index (χ3v) is 10.4. The van der Waals surface area contributed by atoms with Gasteiger partial charge in [0.05, 0.1) is 17.3 Å². The zero-order chi connectivity index (χ0) is 26.0. The number of carbonyl (C=O) groups is 3. The van der Waals surface area contributed by atoms with Gasteiger partial charge in [-0.05, 0) is 80.8 Å². The van der Waals surface area contributed by atoms with E-state index in [1.165, 1.54) is 26.2 Å². The Morgan fingerprint density at radius 3 is 2.36 bits per heavy atom. The highest BCUT2D eigenvalue weighted by molar-refractivity contribution is 5.94. The summed E-state index contributed by atoms with van der Waals surface area (Å²) in [5.74, 6) is -1.77. The van der Waals surface area contributed by atoms with Gasteiger partial charge >= 0.3 is 17.6 Å². The Kier molecular flexibility index (Phi) is 5.97. The first-order valence-corrected chi connectivity index (χ1v) is 13.1. The molecule has 1 heterocycles. The summed E-state index contributed by atoms with van der Waals surface area (Å²) in [7, 11) is 0. The summed E-state index contributed by atoms with van der Waals surface area (Å²) in [5.41, 5.74) is -2.58. The maximum Gasteiger partial charge on any atom is 0.335 e. The average Bonchev–Trinajstić information content (AvgIpc) is 3.09. The van der Waals surface area contributed by atoms with Crippen molar-refractivity contribution >= 4 is 17.7 Å². The lowest BCUT2D eigenvalue weighted by molar-refractivity contribution is -0.234. The van der Waals surface area contributed by atoms with E-state index in [2.05, 4.69) is 6.92 Å². The van der Waals surface area contributed by atoms with Gasteiger partial charge in [-0.1, -0.05) is 6.92 Å². The molecule has 1 aromatic heterocycles. The molecule has 5 rings (SSSR count). The Hall–Kier alpha value is -2.48. The molecule has 4 fully saturated rings. The van der Waals surface area contributed by atoms with Crippen molar-refractivity contribution in [3.8, 4) is 0 Å². The van der Waals surface area contributed by atoms with E-state index in [0.717, 1.165) is 12.8 Å². The van der Waals surface area contributed by atoms with Crippen molar-refractivity contribution in [1.29, 1.82) is 0 Å². The molecular weight excluding hydrogens is 464 g/mol. The lowest BCUT2D eigenvalue weighted by Gasteiger charge is -2.64. The van der Waals surface area contributed by atoms with Gasteiger partial charge in [0.25, 0.3) is 0 Å². The largest absolute Gasteiger partial charge is 0.463 e. The summed E-state index contributed by atoms with van der Waals surface area (Å²) in [6.07, 6.45) is 4.94. The average molecular weight is 501 g/mol. The Morgan fingerprint density at radius 1 is 1.00 bits per heavy atom. The molecule has 8 heteroatoms. The van der Waals surface area contributed by atoms with E-state index in [0.29, 0.717) is 37.7 Å². The Balaban J connectivity index is 1.57. The molecule has 0 saturated heterocycles. The van der Waals surface area contributed by atoms with Crippen LogP contribution in [0.1, 0.15) is 84.1 Å². The van der Waals surface area contributed by atoms with Gasteiger partial charge in [-0.3, -0.25) is 14.4 Å². The Bertz CT molecular complexity index is 1120. The van der Waals surface area contributed by atoms with Gasteiger partial charge in [0.1, 0.15) is 6.10 Å². The number of hydrogen-bond acceptors (Lipinski definition) is 8. The molecule has 0 aromatic carbocycles. The number of Topliss-reactive ketones (excluding diaryl/α,β-unsaturated/α-hetero) is 1. The van der Waals surface area contributed by atoms with Crippen LogP contribution in [0.5, 0.6) is 0 Å². The van der Waals surface area contributed by atoms with Gasteiger partial charge in [-0.25, -0.2) is 4.79 Å². The van der Waals surface area contributed by atoms with Gasteiger partial charge in [0.15, 0.2) is 11.9 Å². The lowest BCUT2D eigenvalue weighted by Crippen LogP contribution is -2.70. The number of fused-ring (bicyclic) bond motifs is 5. The number of aliphatic hydroxyl groups is 1. The molecule has 0 spiro atoms. The van der Waals surface area contributed by atoms with Crippen molar-refractivity contribution < 1.29 is 33.4 Å². The Morgan fingerprint density at radius 2 is 1.72 bits per heavy atom. The summed E-state index contributed by atoms with van der Waals surface area (Å²) >= 11 is 0. The first-order chi connectivity index (χ1) is 16.9. The van der Waals surface area contributed by atoms with E-state index < -0.39 is 28.7 Å². The number of esters is 2. The van der Waals surface area contributed by atoms with Crippen LogP contribution in [0.3, 0.4) is 0 Å². The van der Waals surface area contributed by atoms with Crippen LogP contribution < -0.4 is 5.63 Å². The van der Waals surface area contributed by atoms with E-state index in [9.17, 15) is 24.3 Å². The monoisotopic (exact) mass is 500 g/mol. The minimum atomic E-state index is -1.27. The van der Waals surface area contributed by atoms with Crippen LogP contribution in [0, 0.1) is 28.6 Å². The highest BCUT2D eigenvalue weighted by Crippen LogP contribution is 2.69. The fourth-order valence-corrected chi connectivity index (χ4v) is 8.72. The van der Waals surface area contributed by atoms with E-state index in [4.69, 9.17) is 13.9 Å². The molecule has 4 aliphatic carbocycles. The highest BCUT2D eigenvalue weighted by Gasteiger charge is 2.74. The second kappa shape index (κ2) is 8.54. The topological polar surface area (TPSA) is 120 Å². The number of carbonyl (C=O) groups excluding carboxylic acids is 3. The number of ketones is 1. The van der Waals surface area contributed by atoms with Crippen molar-refractivity contribution in [3.63, 3.8) is 0 Å². The van der Waals surface area contributed by atoms with E-state index in [-0.39, 0.29) is 46.9 Å². The van der Waals surface area contributed by atoms with Crippen LogP contribution in [-0.4, -0.2) is 40.6 Å². The lowest BCUT2D eigenvalue weighted by atomic mass is 9.42. The van der Waals surface area contributed by atoms with Crippen LogP contribution in [-0.2, 0) is 23.9 Å². The molecule has 0 bridgehead atoms. The molecule has 1 N–H and O–H groups in total. The number of hydrogen-bond donors (Lipinski definition) is 1. The normalized spacial score (nSPS) is 43.6. The molecule has 0 aliphatic heterocycles. The quantitative estimate of drug-likeness (QED) is 0.626. The van der Waals surface area contributed by atoms with E-state index in [1.54, 1.807) is 13.0 Å². The van der Waals surface area contributed by atoms with Gasteiger partial charge < -0.3 is 19.0 Å². The minimum Gasteiger partial charge on any atom is -0.463 e. The van der Waals surface area contributed by atoms with Crippen molar-refractivity contribution in [2.75, 3.05) is 0 Å². The summed E-state index contributed by atoms with van der Waals surface area (Å²) in [6.45, 7) is 6.71. The fourth-order valence-electron chi connectivity index (χ4n) is 8.72. The molecule has 1 aromatic rings. The summed E-state index contributed by atoms with van der Waals surface area (Å²) < 4.78 is 16.5. The van der Waals surface area contributed by atoms with Gasteiger partial charge in [0, 0.05) is 31.7 Å². The maximum absolute atomic E-state index is 14.4. The molecule has 8 nitrogen and oxygen atoms in total. The third kappa shape index (κ3) is 3.51. The second-order valence-corrected chi connectivity index (χ2v) is 11.9. The number of ether oxygens (including phenoxy) is 2. The van der Waals surface area contributed by atoms with Crippen molar-refractivity contribution in [3.05, 3.63) is 34.4 Å². The molecule has 196 valence electrons. The molecular formula is C28H36O8. The molecule has 36 heavy (non-hydrogen) atoms. The molecule has 9 atom stereocenters. The van der Waals surface area contributed by atoms with Crippen molar-refractivity contribution in [2.24, 2.45) is 28.6 Å². The van der Waals surface area contributed by atoms with Gasteiger partial charge in [-0.2, -0.15) is 0 Å². The van der Waals surface area contributed by atoms with Crippen LogP contribution in [0.25, 0.3) is 0 Å². The van der Waals surface area contributed by atoms with Gasteiger partial charge in [-0.15, -0.1) is 0 Å². The zero-order valence-corrected chi connectivity index (χ0v) is 21.5. The second-order valence-electron chi connectivity index (χ2n) is 11.9. The predicted octanol–water partition coefficient (Wildman–Crippen LogP) is 3.53. The molecule has 0 radical (unpaired) electrons. The minimum absolute atomic E-state index is 0.152. The maximum atomic E-state index is 14.4.